The Labute approximate surface area is 120 Å². The van der Waals surface area contributed by atoms with Crippen LogP contribution in [0.3, 0.4) is 0 Å². The molecule has 1 rings (SSSR count). The molecule has 0 radical (unpaired) electrons. The van der Waals surface area contributed by atoms with Crippen molar-refractivity contribution in [3.8, 4) is 0 Å². The second kappa shape index (κ2) is 7.84. The molecule has 21 heavy (non-hydrogen) atoms. The van der Waals surface area contributed by atoms with Crippen LogP contribution in [0.1, 0.15) is 36.0 Å². The number of benzene rings is 1. The number of ketones is 4. The predicted molar refractivity (Wildman–Crippen MR) is 71.9 cm³/mol. The van der Waals surface area contributed by atoms with E-state index >= 15 is 0 Å². The second-order valence-electron chi connectivity index (χ2n) is 4.51. The van der Waals surface area contributed by atoms with Crippen molar-refractivity contribution >= 4 is 29.1 Å². The quantitative estimate of drug-likeness (QED) is 0.541. The standard InChI is InChI=1S/C15H14O6/c16-11(7-13(18)9-15(20)21)6-12(17)8-14(19)10-4-2-1-3-5-10/h1-5H,6-9H2,(H,20,21). The third-order valence-electron chi connectivity index (χ3n) is 2.59. The number of carboxylic acids is 1. The van der Waals surface area contributed by atoms with Crippen LogP contribution in [-0.4, -0.2) is 34.2 Å². The molecule has 0 aliphatic rings. The number of hydrogen-bond donors (Lipinski definition) is 1. The minimum Gasteiger partial charge on any atom is -0.481 e. The molecule has 1 N–H and O–H groups in total. The molecule has 0 heterocycles. The molecule has 0 aromatic heterocycles. The summed E-state index contributed by atoms with van der Waals surface area (Å²) in [6.07, 6.45) is -2.30. The van der Waals surface area contributed by atoms with E-state index in [2.05, 4.69) is 0 Å². The summed E-state index contributed by atoms with van der Waals surface area (Å²) in [4.78, 5) is 56.1. The first-order valence-electron chi connectivity index (χ1n) is 6.23. The largest absolute Gasteiger partial charge is 0.481 e. The zero-order chi connectivity index (χ0) is 15.8. The summed E-state index contributed by atoms with van der Waals surface area (Å²) in [5, 5.41) is 8.38. The fourth-order valence-electron chi connectivity index (χ4n) is 1.70. The number of Topliss-reactive ketones (excluding diaryl/α,β-unsaturated/α-hetero) is 4. The molecule has 0 atom stereocenters. The van der Waals surface area contributed by atoms with Gasteiger partial charge in [-0.05, 0) is 0 Å². The molecule has 0 amide bonds. The first-order chi connectivity index (χ1) is 9.88. The van der Waals surface area contributed by atoms with Crippen molar-refractivity contribution in [3.63, 3.8) is 0 Å². The zero-order valence-corrected chi connectivity index (χ0v) is 11.2. The first-order valence-corrected chi connectivity index (χ1v) is 6.23. The lowest BCUT2D eigenvalue weighted by Crippen LogP contribution is -2.17. The van der Waals surface area contributed by atoms with Gasteiger partial charge in [0.05, 0.1) is 19.3 Å². The van der Waals surface area contributed by atoms with Gasteiger partial charge in [0.25, 0.3) is 0 Å². The Morgan fingerprint density at radius 2 is 1.19 bits per heavy atom. The summed E-state index contributed by atoms with van der Waals surface area (Å²) in [6.45, 7) is 0. The minimum atomic E-state index is -1.32. The van der Waals surface area contributed by atoms with Gasteiger partial charge in [-0.25, -0.2) is 0 Å². The molecular formula is C15H14O6. The van der Waals surface area contributed by atoms with Crippen LogP contribution in [0.5, 0.6) is 0 Å². The normalized spacial score (nSPS) is 9.90. The molecule has 0 aliphatic carbocycles. The highest BCUT2D eigenvalue weighted by Gasteiger charge is 2.18. The van der Waals surface area contributed by atoms with Crippen LogP contribution in [0.25, 0.3) is 0 Å². The van der Waals surface area contributed by atoms with Crippen molar-refractivity contribution in [1.29, 1.82) is 0 Å². The molecule has 0 bridgehead atoms. The van der Waals surface area contributed by atoms with Crippen LogP contribution in [0, 0.1) is 0 Å². The van der Waals surface area contributed by atoms with Gasteiger partial charge in [0.2, 0.25) is 0 Å². The molecule has 110 valence electrons. The van der Waals surface area contributed by atoms with Gasteiger partial charge in [0, 0.05) is 5.56 Å². The van der Waals surface area contributed by atoms with E-state index in [-0.39, 0.29) is 0 Å². The van der Waals surface area contributed by atoms with Gasteiger partial charge < -0.3 is 5.11 Å². The average molecular weight is 290 g/mol. The van der Waals surface area contributed by atoms with Crippen molar-refractivity contribution < 1.29 is 29.1 Å². The molecule has 6 nitrogen and oxygen atoms in total. The fraction of sp³-hybridized carbons (Fsp3) is 0.267. The molecule has 0 fully saturated rings. The topological polar surface area (TPSA) is 106 Å². The number of carboxylic acid groups (broad SMARTS) is 1. The molecular weight excluding hydrogens is 276 g/mol. The number of hydrogen-bond acceptors (Lipinski definition) is 5. The van der Waals surface area contributed by atoms with Gasteiger partial charge in [-0.2, -0.15) is 0 Å². The molecule has 1 aromatic carbocycles. The van der Waals surface area contributed by atoms with E-state index in [1.165, 1.54) is 0 Å². The lowest BCUT2D eigenvalue weighted by atomic mass is 10.0. The summed E-state index contributed by atoms with van der Waals surface area (Å²) < 4.78 is 0. The second-order valence-corrected chi connectivity index (χ2v) is 4.51. The van der Waals surface area contributed by atoms with Crippen molar-refractivity contribution in [2.45, 2.75) is 25.7 Å². The Morgan fingerprint density at radius 3 is 1.71 bits per heavy atom. The van der Waals surface area contributed by atoms with E-state index in [0.29, 0.717) is 5.56 Å². The molecule has 0 aliphatic heterocycles. The van der Waals surface area contributed by atoms with E-state index in [0.717, 1.165) is 0 Å². The van der Waals surface area contributed by atoms with E-state index in [9.17, 15) is 24.0 Å². The van der Waals surface area contributed by atoms with Crippen LogP contribution in [0.2, 0.25) is 0 Å². The Kier molecular flexibility index (Phi) is 6.13. The Morgan fingerprint density at radius 1 is 0.714 bits per heavy atom. The SMILES string of the molecule is O=C(O)CC(=O)CC(=O)CC(=O)CC(=O)c1ccccc1. The lowest BCUT2D eigenvalue weighted by Gasteiger charge is -2.01. The van der Waals surface area contributed by atoms with Gasteiger partial charge in [-0.15, -0.1) is 0 Å². The van der Waals surface area contributed by atoms with Gasteiger partial charge in [0.1, 0.15) is 18.0 Å². The highest BCUT2D eigenvalue weighted by molar-refractivity contribution is 6.15. The van der Waals surface area contributed by atoms with Gasteiger partial charge in [-0.3, -0.25) is 24.0 Å². The molecule has 6 heteroatoms. The maximum absolute atomic E-state index is 11.7. The summed E-state index contributed by atoms with van der Waals surface area (Å²) in [7, 11) is 0. The third-order valence-corrected chi connectivity index (χ3v) is 2.59. The minimum absolute atomic E-state index is 0.375. The molecule has 0 spiro atoms. The number of carbonyl (C=O) groups is 5. The summed E-state index contributed by atoms with van der Waals surface area (Å²) in [5.74, 6) is -3.73. The third kappa shape index (κ3) is 6.38. The van der Waals surface area contributed by atoms with E-state index in [1.54, 1.807) is 30.3 Å². The maximum Gasteiger partial charge on any atom is 0.310 e. The van der Waals surface area contributed by atoms with Crippen LogP contribution < -0.4 is 0 Å². The van der Waals surface area contributed by atoms with E-state index in [1.807, 2.05) is 0 Å². The van der Waals surface area contributed by atoms with Crippen molar-refractivity contribution in [2.75, 3.05) is 0 Å². The van der Waals surface area contributed by atoms with Crippen LogP contribution in [-0.2, 0) is 19.2 Å². The Bertz CT molecular complexity index is 573. The first kappa shape index (κ1) is 16.4. The van der Waals surface area contributed by atoms with Gasteiger partial charge in [0.15, 0.2) is 11.6 Å². The van der Waals surface area contributed by atoms with E-state index in [4.69, 9.17) is 5.11 Å². The number of carbonyl (C=O) groups excluding carboxylic acids is 4. The fourth-order valence-corrected chi connectivity index (χ4v) is 1.70. The predicted octanol–water partition coefficient (Wildman–Crippen LogP) is 1.22. The monoisotopic (exact) mass is 290 g/mol. The van der Waals surface area contributed by atoms with Crippen molar-refractivity contribution in [1.82, 2.24) is 0 Å². The van der Waals surface area contributed by atoms with Crippen LogP contribution in [0.4, 0.5) is 0 Å². The molecule has 0 saturated heterocycles. The zero-order valence-electron chi connectivity index (χ0n) is 11.2. The van der Waals surface area contributed by atoms with Crippen molar-refractivity contribution in [3.05, 3.63) is 35.9 Å². The van der Waals surface area contributed by atoms with Crippen molar-refractivity contribution in [2.24, 2.45) is 0 Å². The van der Waals surface area contributed by atoms with E-state index < -0.39 is 54.8 Å². The summed E-state index contributed by atoms with van der Waals surface area (Å²) in [5.41, 5.74) is 0.375. The van der Waals surface area contributed by atoms with Gasteiger partial charge >= 0.3 is 5.97 Å². The highest BCUT2D eigenvalue weighted by atomic mass is 16.4. The lowest BCUT2D eigenvalue weighted by molar-refractivity contribution is -0.140. The van der Waals surface area contributed by atoms with Crippen LogP contribution >= 0.6 is 0 Å². The Hall–Kier alpha value is -2.63. The number of aliphatic carboxylic acids is 1. The summed E-state index contributed by atoms with van der Waals surface area (Å²) in [6, 6.07) is 8.18. The smallest absolute Gasteiger partial charge is 0.310 e. The highest BCUT2D eigenvalue weighted by Crippen LogP contribution is 2.06. The number of rotatable bonds is 9. The van der Waals surface area contributed by atoms with Gasteiger partial charge in [-0.1, -0.05) is 30.3 Å². The molecule has 0 saturated carbocycles. The molecule has 0 unspecified atom stereocenters. The molecule has 1 aromatic rings. The average Bonchev–Trinajstić information content (AvgIpc) is 2.37. The summed E-state index contributed by atoms with van der Waals surface area (Å²) >= 11 is 0. The van der Waals surface area contributed by atoms with Crippen LogP contribution in [0.15, 0.2) is 30.3 Å². The Balaban J connectivity index is 2.43. The maximum atomic E-state index is 11.7.